The second-order valence-electron chi connectivity index (χ2n) is 7.84. The second-order valence-corrected chi connectivity index (χ2v) is 8.97. The molecule has 0 heterocycles. The van der Waals surface area contributed by atoms with Gasteiger partial charge < -0.3 is 33.8 Å². The lowest BCUT2D eigenvalue weighted by Crippen LogP contribution is -2.31. The zero-order chi connectivity index (χ0) is 24.3. The van der Waals surface area contributed by atoms with Crippen molar-refractivity contribution in [3.63, 3.8) is 0 Å². The first-order chi connectivity index (χ1) is 15.6. The second kappa shape index (κ2) is 10.0. The number of nitrogens with zero attached hydrogens (tertiary/aromatic N) is 1. The van der Waals surface area contributed by atoms with Crippen molar-refractivity contribution in [1.29, 1.82) is 0 Å². The Morgan fingerprint density at radius 1 is 0.970 bits per heavy atom. The number of phosphoric acid groups is 1. The van der Waals surface area contributed by atoms with E-state index in [1.54, 1.807) is 43.3 Å². The molecule has 3 rings (SSSR count). The number of methoxy groups -OCH3 is 3. The summed E-state index contributed by atoms with van der Waals surface area (Å²) in [6.07, 6.45) is 1.48. The van der Waals surface area contributed by atoms with Crippen molar-refractivity contribution in [2.45, 2.75) is 18.8 Å². The highest BCUT2D eigenvalue weighted by Crippen LogP contribution is 2.48. The Morgan fingerprint density at radius 3 is 2.06 bits per heavy atom. The first kappa shape index (κ1) is 24.9. The number of rotatable bonds is 10. The quantitative estimate of drug-likeness (QED) is 0.225. The molecule has 180 valence electrons. The van der Waals surface area contributed by atoms with Crippen LogP contribution in [0.3, 0.4) is 0 Å². The number of anilines is 1. The summed E-state index contributed by atoms with van der Waals surface area (Å²) in [5.41, 5.74) is 1.83. The number of Topliss-reactive ketones (excluding diaryl/α,β-unsaturated/α-hetero) is 1. The van der Waals surface area contributed by atoms with Gasteiger partial charge in [-0.25, -0.2) is 4.57 Å². The molecule has 1 aliphatic carbocycles. The maximum Gasteiger partial charge on any atom is 0.505 e. The number of hydrogen-bond acceptors (Lipinski definition) is 8. The molecule has 1 aliphatic rings. The number of ketones is 1. The topological polar surface area (TPSA) is 124 Å². The molecule has 33 heavy (non-hydrogen) atoms. The lowest BCUT2D eigenvalue weighted by molar-refractivity contribution is -0.122. The fourth-order valence-electron chi connectivity index (χ4n) is 3.94. The van der Waals surface area contributed by atoms with E-state index in [0.717, 1.165) is 12.0 Å². The molecule has 0 amide bonds. The van der Waals surface area contributed by atoms with Gasteiger partial charge in [-0.05, 0) is 48.6 Å². The van der Waals surface area contributed by atoms with Gasteiger partial charge >= 0.3 is 7.82 Å². The molecular formula is C22H28NO9P. The van der Waals surface area contributed by atoms with Crippen LogP contribution in [0.1, 0.15) is 34.7 Å². The maximum absolute atomic E-state index is 13.3. The minimum absolute atomic E-state index is 0.0591. The van der Waals surface area contributed by atoms with Crippen molar-refractivity contribution in [3.8, 4) is 23.0 Å². The van der Waals surface area contributed by atoms with Crippen LogP contribution in [0.2, 0.25) is 0 Å². The van der Waals surface area contributed by atoms with Crippen molar-refractivity contribution >= 4 is 19.3 Å². The van der Waals surface area contributed by atoms with Crippen LogP contribution in [0.15, 0.2) is 30.3 Å². The molecule has 0 spiro atoms. The Kier molecular flexibility index (Phi) is 7.54. The van der Waals surface area contributed by atoms with E-state index in [9.17, 15) is 9.36 Å². The molecule has 0 aliphatic heterocycles. The fraction of sp³-hybridized carbons (Fsp3) is 0.409. The largest absolute Gasteiger partial charge is 0.505 e. The minimum atomic E-state index is -4.83. The first-order valence-corrected chi connectivity index (χ1v) is 11.7. The number of carbonyl (C=O) groups is 1. The molecule has 11 heteroatoms. The molecule has 0 aromatic heterocycles. The third kappa shape index (κ3) is 5.42. The standard InChI is InChI=1S/C22H28NO9P/c1-23(2)17-9-6-13(10-18(17)31-32-33(25,26)27)15-7-8-16(15)21(24)14-11-19(28-3)22(30-5)20(12-14)29-4/h6,9-12,15-16H,7-8H2,1-5H3,(H2,25,26,27). The van der Waals surface area contributed by atoms with Gasteiger partial charge in [-0.2, -0.15) is 0 Å². The molecular weight excluding hydrogens is 453 g/mol. The van der Waals surface area contributed by atoms with Crippen molar-refractivity contribution in [3.05, 3.63) is 41.5 Å². The normalized spacial score (nSPS) is 17.7. The van der Waals surface area contributed by atoms with E-state index in [1.165, 1.54) is 21.3 Å². The van der Waals surface area contributed by atoms with Crippen LogP contribution in [-0.2, 0) is 9.24 Å². The van der Waals surface area contributed by atoms with E-state index in [4.69, 9.17) is 28.9 Å². The van der Waals surface area contributed by atoms with Gasteiger partial charge in [0.1, 0.15) is 0 Å². The van der Waals surface area contributed by atoms with Crippen molar-refractivity contribution in [1.82, 2.24) is 0 Å². The van der Waals surface area contributed by atoms with Crippen LogP contribution in [-0.4, -0.2) is 51.0 Å². The van der Waals surface area contributed by atoms with Crippen molar-refractivity contribution in [2.75, 3.05) is 40.3 Å². The summed E-state index contributed by atoms with van der Waals surface area (Å²) in [6.45, 7) is 0. The summed E-state index contributed by atoms with van der Waals surface area (Å²) >= 11 is 0. The molecule has 1 fully saturated rings. The van der Waals surface area contributed by atoms with Gasteiger partial charge in [0, 0.05) is 25.6 Å². The first-order valence-electron chi connectivity index (χ1n) is 10.2. The van der Waals surface area contributed by atoms with Crippen LogP contribution < -0.4 is 24.0 Å². The van der Waals surface area contributed by atoms with Crippen LogP contribution in [0.25, 0.3) is 0 Å². The number of ether oxygens (including phenoxy) is 3. The van der Waals surface area contributed by atoms with Crippen molar-refractivity contribution in [2.24, 2.45) is 5.92 Å². The molecule has 2 N–H and O–H groups in total. The Morgan fingerprint density at radius 2 is 1.61 bits per heavy atom. The van der Waals surface area contributed by atoms with Crippen LogP contribution in [0.4, 0.5) is 5.69 Å². The van der Waals surface area contributed by atoms with E-state index in [2.05, 4.69) is 4.67 Å². The third-order valence-electron chi connectivity index (χ3n) is 5.68. The average molecular weight is 481 g/mol. The fourth-order valence-corrected chi connectivity index (χ4v) is 4.11. The molecule has 0 saturated heterocycles. The zero-order valence-corrected chi connectivity index (χ0v) is 20.0. The van der Waals surface area contributed by atoms with Gasteiger partial charge in [0.25, 0.3) is 0 Å². The molecule has 1 saturated carbocycles. The Labute approximate surface area is 192 Å². The monoisotopic (exact) mass is 481 g/mol. The van der Waals surface area contributed by atoms with Gasteiger partial charge in [0.15, 0.2) is 23.0 Å². The number of hydrogen-bond donors (Lipinski definition) is 2. The number of benzene rings is 2. The smallest absolute Gasteiger partial charge is 0.493 e. The molecule has 2 unspecified atom stereocenters. The lowest BCUT2D eigenvalue weighted by Gasteiger charge is -2.36. The summed E-state index contributed by atoms with van der Waals surface area (Å²) in [6, 6.07) is 8.55. The summed E-state index contributed by atoms with van der Waals surface area (Å²) in [5.74, 6) is 0.919. The van der Waals surface area contributed by atoms with Crippen molar-refractivity contribution < 1.29 is 42.9 Å². The van der Waals surface area contributed by atoms with Gasteiger partial charge in [0.05, 0.1) is 27.0 Å². The molecule has 2 aromatic carbocycles. The van der Waals surface area contributed by atoms with Crippen LogP contribution in [0, 0.1) is 5.92 Å². The highest BCUT2D eigenvalue weighted by molar-refractivity contribution is 7.46. The lowest BCUT2D eigenvalue weighted by atomic mass is 9.67. The van der Waals surface area contributed by atoms with Crippen LogP contribution >= 0.6 is 7.82 Å². The SMILES string of the molecule is COc1cc(C(=O)C2CCC2c2ccc(N(C)C)c(OOP(=O)(O)O)c2)cc(OC)c1OC. The maximum atomic E-state index is 13.3. The van der Waals surface area contributed by atoms with E-state index in [-0.39, 0.29) is 23.4 Å². The summed E-state index contributed by atoms with van der Waals surface area (Å²) < 4.78 is 31.4. The third-order valence-corrected chi connectivity index (χ3v) is 5.95. The molecule has 2 aromatic rings. The molecule has 2 atom stereocenters. The van der Waals surface area contributed by atoms with Crippen LogP contribution in [0.5, 0.6) is 23.0 Å². The highest BCUT2D eigenvalue weighted by atomic mass is 31.2. The highest BCUT2D eigenvalue weighted by Gasteiger charge is 2.39. The summed E-state index contributed by atoms with van der Waals surface area (Å²) in [7, 11) is 3.17. The van der Waals surface area contributed by atoms with E-state index in [1.807, 2.05) is 6.07 Å². The predicted molar refractivity (Wildman–Crippen MR) is 120 cm³/mol. The summed E-state index contributed by atoms with van der Waals surface area (Å²) in [4.78, 5) is 38.0. The molecule has 0 bridgehead atoms. The number of carbonyl (C=O) groups excluding carboxylic acids is 1. The molecule has 0 radical (unpaired) electrons. The summed E-state index contributed by atoms with van der Waals surface area (Å²) in [5, 5.41) is 0. The molecule has 10 nitrogen and oxygen atoms in total. The van der Waals surface area contributed by atoms with Gasteiger partial charge in [-0.3, -0.25) is 4.79 Å². The zero-order valence-electron chi connectivity index (χ0n) is 19.1. The minimum Gasteiger partial charge on any atom is -0.493 e. The van der Waals surface area contributed by atoms with Gasteiger partial charge in [0.2, 0.25) is 5.75 Å². The van der Waals surface area contributed by atoms with E-state index < -0.39 is 7.82 Å². The van der Waals surface area contributed by atoms with E-state index in [0.29, 0.717) is 34.9 Å². The van der Waals surface area contributed by atoms with Gasteiger partial charge in [-0.15, -0.1) is 0 Å². The predicted octanol–water partition coefficient (Wildman–Crippen LogP) is 3.56. The van der Waals surface area contributed by atoms with E-state index >= 15 is 0 Å². The Hall–Kier alpha value is -2.78. The van der Waals surface area contributed by atoms with Gasteiger partial charge in [-0.1, -0.05) is 10.7 Å². The average Bonchev–Trinajstić information content (AvgIpc) is 2.75. The Bertz CT molecular complexity index is 1040. The Balaban J connectivity index is 1.89.